The highest BCUT2D eigenvalue weighted by Crippen LogP contribution is 2.23. The first-order valence-corrected chi connectivity index (χ1v) is 6.21. The number of benzene rings is 1. The zero-order valence-electron chi connectivity index (χ0n) is 9.79. The van der Waals surface area contributed by atoms with Crippen molar-refractivity contribution in [1.29, 1.82) is 0 Å². The lowest BCUT2D eigenvalue weighted by molar-refractivity contribution is -0.130. The third-order valence-electron chi connectivity index (χ3n) is 2.44. The maximum atomic E-state index is 11.2. The third-order valence-corrected chi connectivity index (χ3v) is 3.35. The van der Waals surface area contributed by atoms with Crippen molar-refractivity contribution in [2.24, 2.45) is 0 Å². The molecule has 92 valence electrons. The summed E-state index contributed by atoms with van der Waals surface area (Å²) in [5, 5.41) is 11.1. The fourth-order valence-electron chi connectivity index (χ4n) is 1.54. The van der Waals surface area contributed by atoms with Crippen LogP contribution in [0.4, 0.5) is 0 Å². The molecule has 1 N–H and O–H groups in total. The van der Waals surface area contributed by atoms with E-state index in [1.807, 2.05) is 23.6 Å². The Kier molecular flexibility index (Phi) is 3.79. The van der Waals surface area contributed by atoms with Gasteiger partial charge in [-0.15, -0.1) is 11.3 Å². The Morgan fingerprint density at radius 2 is 2.00 bits per heavy atom. The molecule has 0 saturated heterocycles. The molecule has 0 aliphatic heterocycles. The molecule has 18 heavy (non-hydrogen) atoms. The smallest absolute Gasteiger partial charge is 0.337 e. The Bertz CT molecular complexity index is 553. The van der Waals surface area contributed by atoms with Crippen molar-refractivity contribution in [3.63, 3.8) is 0 Å². The number of aliphatic carboxylic acids is 1. The molecule has 1 aromatic carbocycles. The lowest BCUT2D eigenvalue weighted by Gasteiger charge is -2.02. The van der Waals surface area contributed by atoms with E-state index in [2.05, 4.69) is 0 Å². The molecule has 0 bridgehead atoms. The zero-order chi connectivity index (χ0) is 13.0. The van der Waals surface area contributed by atoms with Crippen LogP contribution in [-0.2, 0) is 4.79 Å². The number of carboxylic acids is 1. The molecular formula is C14H12O3S. The van der Waals surface area contributed by atoms with Gasteiger partial charge in [0.05, 0.1) is 12.7 Å². The maximum Gasteiger partial charge on any atom is 0.337 e. The molecule has 4 heteroatoms. The number of carboxylic acid groups (broad SMARTS) is 1. The van der Waals surface area contributed by atoms with Crippen LogP contribution < -0.4 is 4.74 Å². The minimum atomic E-state index is -0.923. The second-order valence-corrected chi connectivity index (χ2v) is 4.56. The molecule has 0 aliphatic carbocycles. The summed E-state index contributed by atoms with van der Waals surface area (Å²) in [6, 6.07) is 10.9. The quantitative estimate of drug-likeness (QED) is 0.857. The summed E-state index contributed by atoms with van der Waals surface area (Å²) in [6.07, 6.45) is 1.66. The van der Waals surface area contributed by atoms with Crippen molar-refractivity contribution in [3.05, 3.63) is 52.2 Å². The SMILES string of the molecule is COc1ccc(/C=C(/C(=O)O)c2cccs2)cc1. The molecule has 0 radical (unpaired) electrons. The fraction of sp³-hybridized carbons (Fsp3) is 0.0714. The highest BCUT2D eigenvalue weighted by Gasteiger charge is 2.11. The van der Waals surface area contributed by atoms with Gasteiger partial charge in [0, 0.05) is 4.88 Å². The third kappa shape index (κ3) is 2.78. The minimum Gasteiger partial charge on any atom is -0.497 e. The molecule has 2 aromatic rings. The first-order valence-electron chi connectivity index (χ1n) is 5.33. The van der Waals surface area contributed by atoms with Crippen LogP contribution in [0, 0.1) is 0 Å². The molecule has 0 amide bonds. The summed E-state index contributed by atoms with van der Waals surface area (Å²) < 4.78 is 5.06. The molecule has 1 heterocycles. The molecule has 0 aliphatic rings. The Labute approximate surface area is 109 Å². The number of hydrogen-bond acceptors (Lipinski definition) is 3. The summed E-state index contributed by atoms with van der Waals surface area (Å²) in [5.74, 6) is -0.173. The van der Waals surface area contributed by atoms with E-state index in [0.29, 0.717) is 5.57 Å². The molecule has 3 nitrogen and oxygen atoms in total. The van der Waals surface area contributed by atoms with Crippen molar-refractivity contribution in [2.75, 3.05) is 7.11 Å². The van der Waals surface area contributed by atoms with E-state index in [-0.39, 0.29) is 0 Å². The number of carbonyl (C=O) groups is 1. The van der Waals surface area contributed by atoms with Gasteiger partial charge in [-0.05, 0) is 35.2 Å². The van der Waals surface area contributed by atoms with Crippen LogP contribution in [0.25, 0.3) is 11.6 Å². The van der Waals surface area contributed by atoms with Crippen LogP contribution in [0.15, 0.2) is 41.8 Å². The predicted octanol–water partition coefficient (Wildman–Crippen LogP) is 3.38. The minimum absolute atomic E-state index is 0.301. The molecule has 0 saturated carbocycles. The largest absolute Gasteiger partial charge is 0.497 e. The summed E-state index contributed by atoms with van der Waals surface area (Å²) in [6.45, 7) is 0. The van der Waals surface area contributed by atoms with Crippen molar-refractivity contribution in [3.8, 4) is 5.75 Å². The molecule has 0 atom stereocenters. The molecular weight excluding hydrogens is 248 g/mol. The van der Waals surface area contributed by atoms with Gasteiger partial charge in [0.1, 0.15) is 5.75 Å². The average molecular weight is 260 g/mol. The van der Waals surface area contributed by atoms with Crippen LogP contribution in [0.2, 0.25) is 0 Å². The van der Waals surface area contributed by atoms with Crippen molar-refractivity contribution >= 4 is 29.0 Å². The van der Waals surface area contributed by atoms with Crippen LogP contribution >= 0.6 is 11.3 Å². The van der Waals surface area contributed by atoms with Gasteiger partial charge in [0.25, 0.3) is 0 Å². The molecule has 0 unspecified atom stereocenters. The van der Waals surface area contributed by atoms with Gasteiger partial charge < -0.3 is 9.84 Å². The standard InChI is InChI=1S/C14H12O3S/c1-17-11-6-4-10(5-7-11)9-12(14(15)16)13-3-2-8-18-13/h2-9H,1H3,(H,15,16)/b12-9+. The van der Waals surface area contributed by atoms with Crippen LogP contribution in [-0.4, -0.2) is 18.2 Å². The van der Waals surface area contributed by atoms with Gasteiger partial charge in [-0.1, -0.05) is 18.2 Å². The number of thiophene rings is 1. The van der Waals surface area contributed by atoms with Crippen molar-refractivity contribution < 1.29 is 14.6 Å². The van der Waals surface area contributed by atoms with Crippen LogP contribution in [0.5, 0.6) is 5.75 Å². The second-order valence-electron chi connectivity index (χ2n) is 3.61. The van der Waals surface area contributed by atoms with Gasteiger partial charge in [-0.25, -0.2) is 4.79 Å². The highest BCUT2D eigenvalue weighted by atomic mass is 32.1. The summed E-state index contributed by atoms with van der Waals surface area (Å²) in [4.78, 5) is 12.0. The molecule has 0 spiro atoms. The molecule has 2 rings (SSSR count). The Hall–Kier alpha value is -2.07. The van der Waals surface area contributed by atoms with E-state index in [4.69, 9.17) is 4.74 Å². The second kappa shape index (κ2) is 5.51. The normalized spacial score (nSPS) is 11.3. The summed E-state index contributed by atoms with van der Waals surface area (Å²) >= 11 is 1.41. The fourth-order valence-corrected chi connectivity index (χ4v) is 2.27. The monoisotopic (exact) mass is 260 g/mol. The Morgan fingerprint density at radius 1 is 1.28 bits per heavy atom. The molecule has 0 fully saturated rings. The number of ether oxygens (including phenoxy) is 1. The number of methoxy groups -OCH3 is 1. The Morgan fingerprint density at radius 3 is 2.50 bits per heavy atom. The Balaban J connectivity index is 2.36. The summed E-state index contributed by atoms with van der Waals surface area (Å²) in [5.41, 5.74) is 1.14. The zero-order valence-corrected chi connectivity index (χ0v) is 10.6. The average Bonchev–Trinajstić information content (AvgIpc) is 2.90. The van der Waals surface area contributed by atoms with Crippen LogP contribution in [0.3, 0.4) is 0 Å². The van der Waals surface area contributed by atoms with E-state index in [9.17, 15) is 9.90 Å². The van der Waals surface area contributed by atoms with Gasteiger partial charge in [-0.3, -0.25) is 0 Å². The van der Waals surface area contributed by atoms with E-state index in [1.54, 1.807) is 31.4 Å². The van der Waals surface area contributed by atoms with E-state index >= 15 is 0 Å². The number of hydrogen-bond donors (Lipinski definition) is 1. The first kappa shape index (κ1) is 12.4. The predicted molar refractivity (Wildman–Crippen MR) is 72.8 cm³/mol. The maximum absolute atomic E-state index is 11.2. The summed E-state index contributed by atoms with van der Waals surface area (Å²) in [7, 11) is 1.60. The van der Waals surface area contributed by atoms with Gasteiger partial charge in [0.15, 0.2) is 0 Å². The number of rotatable bonds is 4. The van der Waals surface area contributed by atoms with E-state index in [0.717, 1.165) is 16.2 Å². The lowest BCUT2D eigenvalue weighted by atomic mass is 10.1. The van der Waals surface area contributed by atoms with E-state index in [1.165, 1.54) is 11.3 Å². The highest BCUT2D eigenvalue weighted by molar-refractivity contribution is 7.11. The van der Waals surface area contributed by atoms with E-state index < -0.39 is 5.97 Å². The first-order chi connectivity index (χ1) is 8.70. The van der Waals surface area contributed by atoms with Crippen molar-refractivity contribution in [2.45, 2.75) is 0 Å². The van der Waals surface area contributed by atoms with Gasteiger partial charge >= 0.3 is 5.97 Å². The van der Waals surface area contributed by atoms with Crippen LogP contribution in [0.1, 0.15) is 10.4 Å². The lowest BCUT2D eigenvalue weighted by Crippen LogP contribution is -1.97. The van der Waals surface area contributed by atoms with Crippen molar-refractivity contribution in [1.82, 2.24) is 0 Å². The van der Waals surface area contributed by atoms with Gasteiger partial charge in [-0.2, -0.15) is 0 Å². The molecule has 1 aromatic heterocycles. The topological polar surface area (TPSA) is 46.5 Å². The van der Waals surface area contributed by atoms with Gasteiger partial charge in [0.2, 0.25) is 0 Å².